The van der Waals surface area contributed by atoms with Crippen LogP contribution in [0.2, 0.25) is 0 Å². The molecule has 6 heteroatoms. The van der Waals surface area contributed by atoms with Gasteiger partial charge in [-0.2, -0.15) is 0 Å². The SMILES string of the molecule is CC/C=C\C/C=C\C/C=C\C/C=C\C/C=C\C/C=C\C/C=C\C/C=C\CCCCCCCCCCC(=O)OCC(COC(=O)CCCCCCC)OC(=O)CCCCCCCC/C=C\C/C=C\C/C=C\C/C=C\C/C=C\C/C=C\CC. The van der Waals surface area contributed by atoms with Crippen LogP contribution < -0.4 is 0 Å². The van der Waals surface area contributed by atoms with Crippen molar-refractivity contribution in [2.45, 2.75) is 271 Å². The fourth-order valence-electron chi connectivity index (χ4n) is 8.40. The van der Waals surface area contributed by atoms with Crippen LogP contribution in [0.4, 0.5) is 0 Å². The quantitative estimate of drug-likeness (QED) is 0.0261. The molecule has 0 aromatic rings. The second-order valence-corrected chi connectivity index (χ2v) is 20.9. The van der Waals surface area contributed by atoms with Crippen molar-refractivity contribution in [1.29, 1.82) is 0 Å². The normalized spacial score (nSPS) is 13.3. The van der Waals surface area contributed by atoms with Crippen LogP contribution in [0, 0.1) is 0 Å². The molecule has 1 atom stereocenters. The largest absolute Gasteiger partial charge is 0.462 e. The molecule has 0 aromatic heterocycles. The van der Waals surface area contributed by atoms with Crippen molar-refractivity contribution in [2.75, 3.05) is 13.2 Å². The molecule has 0 bridgehead atoms. The average molecular weight is 1120 g/mol. The summed E-state index contributed by atoms with van der Waals surface area (Å²) in [7, 11) is 0. The smallest absolute Gasteiger partial charge is 0.306 e. The fourth-order valence-corrected chi connectivity index (χ4v) is 8.40. The first-order chi connectivity index (χ1) is 40.0. The Bertz CT molecular complexity index is 1860. The molecule has 0 aliphatic carbocycles. The minimum absolute atomic E-state index is 0.0937. The summed E-state index contributed by atoms with van der Waals surface area (Å²) in [5.74, 6) is -0.936. The molecule has 0 N–H and O–H groups in total. The summed E-state index contributed by atoms with van der Waals surface area (Å²) in [5.41, 5.74) is 0. The molecule has 0 spiro atoms. The Labute approximate surface area is 498 Å². The lowest BCUT2D eigenvalue weighted by atomic mass is 10.1. The van der Waals surface area contributed by atoms with E-state index in [-0.39, 0.29) is 31.1 Å². The van der Waals surface area contributed by atoms with Gasteiger partial charge in [-0.05, 0) is 135 Å². The Hall–Kier alpha value is -5.23. The lowest BCUT2D eigenvalue weighted by Crippen LogP contribution is -2.30. The Kier molecular flexibility index (Phi) is 62.9. The molecule has 0 amide bonds. The Morgan fingerprint density at radius 1 is 0.259 bits per heavy atom. The summed E-state index contributed by atoms with van der Waals surface area (Å²) >= 11 is 0. The molecule has 0 saturated carbocycles. The van der Waals surface area contributed by atoms with Crippen molar-refractivity contribution in [3.63, 3.8) is 0 Å². The van der Waals surface area contributed by atoms with Crippen LogP contribution in [0.3, 0.4) is 0 Å². The van der Waals surface area contributed by atoms with E-state index in [9.17, 15) is 14.4 Å². The number of ether oxygens (including phenoxy) is 3. The third-order valence-corrected chi connectivity index (χ3v) is 13.2. The van der Waals surface area contributed by atoms with E-state index in [1.165, 1.54) is 44.9 Å². The van der Waals surface area contributed by atoms with Crippen molar-refractivity contribution >= 4 is 17.9 Å². The summed E-state index contributed by atoms with van der Waals surface area (Å²) in [6.07, 6.45) is 99.8. The van der Waals surface area contributed by atoms with Crippen molar-refractivity contribution in [3.8, 4) is 0 Å². The average Bonchev–Trinajstić information content (AvgIpc) is 3.47. The van der Waals surface area contributed by atoms with Crippen LogP contribution in [0.15, 0.2) is 170 Å². The molecule has 0 aliphatic rings. The maximum Gasteiger partial charge on any atom is 0.306 e. The van der Waals surface area contributed by atoms with Gasteiger partial charge in [-0.3, -0.25) is 14.4 Å². The molecule has 6 nitrogen and oxygen atoms in total. The molecular formula is C75H118O6. The Morgan fingerprint density at radius 2 is 0.481 bits per heavy atom. The molecule has 81 heavy (non-hydrogen) atoms. The highest BCUT2D eigenvalue weighted by molar-refractivity contribution is 5.71. The summed E-state index contributed by atoms with van der Waals surface area (Å²) in [5, 5.41) is 0. The summed E-state index contributed by atoms with van der Waals surface area (Å²) in [6, 6.07) is 0. The predicted octanol–water partition coefficient (Wildman–Crippen LogP) is 22.7. The minimum Gasteiger partial charge on any atom is -0.462 e. The van der Waals surface area contributed by atoms with Crippen LogP contribution in [-0.4, -0.2) is 37.2 Å². The fraction of sp³-hybridized carbons (Fsp3) is 0.587. The molecule has 0 rings (SSSR count). The standard InChI is InChI=1S/C75H118O6/c1-4-7-10-13-15-17-19-21-23-25-27-29-31-33-34-35-36-37-38-39-40-42-43-45-47-49-51-53-55-57-59-62-65-68-74(77)80-71-72(70-79-73(76)67-64-61-12-9-6-3)81-75(78)69-66-63-60-58-56-54-52-50-48-46-44-41-32-30-28-26-24-22-20-18-16-14-11-8-5-2/h7-8,10-11,15-18,21-24,27-30,33-34,36-37,39-41,43-45,48,50,72H,4-6,9,12-14,19-20,25-26,31-32,35,38,42,46-47,49,51-71H2,1-3H3/b10-7-,11-8-,17-15-,18-16-,23-21-,24-22-,29-27-,30-28-,34-33-,37-36-,40-39-,44-41-,45-43-,50-48-. The highest BCUT2D eigenvalue weighted by Gasteiger charge is 2.19. The third-order valence-electron chi connectivity index (χ3n) is 13.2. The van der Waals surface area contributed by atoms with E-state index in [0.717, 1.165) is 180 Å². The molecule has 0 saturated heterocycles. The number of carbonyl (C=O) groups is 3. The van der Waals surface area contributed by atoms with Gasteiger partial charge in [0.15, 0.2) is 6.10 Å². The zero-order valence-corrected chi connectivity index (χ0v) is 52.0. The zero-order valence-electron chi connectivity index (χ0n) is 52.0. The van der Waals surface area contributed by atoms with Gasteiger partial charge >= 0.3 is 17.9 Å². The van der Waals surface area contributed by atoms with Crippen molar-refractivity contribution in [3.05, 3.63) is 170 Å². The van der Waals surface area contributed by atoms with Crippen LogP contribution in [-0.2, 0) is 28.6 Å². The van der Waals surface area contributed by atoms with E-state index in [0.29, 0.717) is 19.3 Å². The number of hydrogen-bond donors (Lipinski definition) is 0. The number of rotatable bonds is 57. The highest BCUT2D eigenvalue weighted by atomic mass is 16.6. The monoisotopic (exact) mass is 1110 g/mol. The van der Waals surface area contributed by atoms with Crippen LogP contribution in [0.5, 0.6) is 0 Å². The van der Waals surface area contributed by atoms with Gasteiger partial charge in [0.25, 0.3) is 0 Å². The number of esters is 3. The van der Waals surface area contributed by atoms with Gasteiger partial charge in [0.2, 0.25) is 0 Å². The number of allylic oxidation sites excluding steroid dienone is 28. The Morgan fingerprint density at radius 3 is 0.753 bits per heavy atom. The van der Waals surface area contributed by atoms with E-state index < -0.39 is 6.10 Å². The first kappa shape index (κ1) is 75.8. The second-order valence-electron chi connectivity index (χ2n) is 20.9. The molecule has 0 aliphatic heterocycles. The first-order valence-electron chi connectivity index (χ1n) is 32.6. The molecule has 454 valence electrons. The van der Waals surface area contributed by atoms with Gasteiger partial charge in [0.1, 0.15) is 13.2 Å². The summed E-state index contributed by atoms with van der Waals surface area (Å²) in [4.78, 5) is 38.0. The van der Waals surface area contributed by atoms with E-state index in [1.807, 2.05) is 0 Å². The topological polar surface area (TPSA) is 78.9 Å². The van der Waals surface area contributed by atoms with Crippen molar-refractivity contribution < 1.29 is 28.6 Å². The van der Waals surface area contributed by atoms with E-state index in [4.69, 9.17) is 14.2 Å². The molecule has 0 aromatic carbocycles. The zero-order chi connectivity index (χ0) is 58.5. The van der Waals surface area contributed by atoms with Crippen molar-refractivity contribution in [2.24, 2.45) is 0 Å². The maximum atomic E-state index is 12.8. The summed E-state index contributed by atoms with van der Waals surface area (Å²) < 4.78 is 16.8. The van der Waals surface area contributed by atoms with Gasteiger partial charge < -0.3 is 14.2 Å². The molecular weight excluding hydrogens is 997 g/mol. The number of unbranched alkanes of at least 4 members (excludes halogenated alkanes) is 18. The second kappa shape index (κ2) is 67.3. The maximum absolute atomic E-state index is 12.8. The van der Waals surface area contributed by atoms with Crippen molar-refractivity contribution in [1.82, 2.24) is 0 Å². The van der Waals surface area contributed by atoms with Gasteiger partial charge in [0.05, 0.1) is 0 Å². The molecule has 0 radical (unpaired) electrons. The third kappa shape index (κ3) is 65.5. The van der Waals surface area contributed by atoms with E-state index in [2.05, 4.69) is 191 Å². The van der Waals surface area contributed by atoms with Gasteiger partial charge in [-0.25, -0.2) is 0 Å². The lowest BCUT2D eigenvalue weighted by Gasteiger charge is -2.18. The number of hydrogen-bond acceptors (Lipinski definition) is 6. The lowest BCUT2D eigenvalue weighted by molar-refractivity contribution is -0.167. The Balaban J connectivity index is 4.14. The molecule has 0 heterocycles. The minimum atomic E-state index is -0.795. The van der Waals surface area contributed by atoms with Crippen LogP contribution in [0.25, 0.3) is 0 Å². The van der Waals surface area contributed by atoms with Gasteiger partial charge in [-0.15, -0.1) is 0 Å². The van der Waals surface area contributed by atoms with E-state index in [1.54, 1.807) is 0 Å². The highest BCUT2D eigenvalue weighted by Crippen LogP contribution is 2.14. The molecule has 0 fully saturated rings. The van der Waals surface area contributed by atoms with Crippen LogP contribution >= 0.6 is 0 Å². The summed E-state index contributed by atoms with van der Waals surface area (Å²) in [6.45, 7) is 6.30. The van der Waals surface area contributed by atoms with Crippen LogP contribution in [0.1, 0.15) is 265 Å². The number of carbonyl (C=O) groups excluding carboxylic acids is 3. The molecule has 1 unspecified atom stereocenters. The van der Waals surface area contributed by atoms with Gasteiger partial charge in [0, 0.05) is 19.3 Å². The first-order valence-corrected chi connectivity index (χ1v) is 32.6. The predicted molar refractivity (Wildman–Crippen MR) is 352 cm³/mol. The van der Waals surface area contributed by atoms with E-state index >= 15 is 0 Å². The van der Waals surface area contributed by atoms with Gasteiger partial charge in [-0.1, -0.05) is 281 Å².